The van der Waals surface area contributed by atoms with Crippen molar-refractivity contribution in [2.75, 3.05) is 4.90 Å². The molecule has 0 amide bonds. The summed E-state index contributed by atoms with van der Waals surface area (Å²) in [5, 5.41) is 15.4. The number of nitrogens with zero attached hydrogens (tertiary/aromatic N) is 1. The second-order valence-corrected chi connectivity index (χ2v) is 15.9. The number of fused-ring (bicyclic) bond motifs is 14. The molecule has 0 spiro atoms. The monoisotopic (exact) mass is 727 g/mol. The molecular weight excluding hydrogens is 695 g/mol. The molecule has 0 fully saturated rings. The number of rotatable bonds is 3. The van der Waals surface area contributed by atoms with Crippen LogP contribution in [0.15, 0.2) is 210 Å². The lowest BCUT2D eigenvalue weighted by Gasteiger charge is -2.33. The normalized spacial score (nSPS) is 12.5. The van der Waals surface area contributed by atoms with E-state index in [4.69, 9.17) is 0 Å². The first kappa shape index (κ1) is 31.5. The molecule has 2 heteroatoms. The fraction of sp³-hybridized carbons (Fsp3) is 0. The minimum absolute atomic E-state index is 1.14. The molecule has 0 saturated carbocycles. The molecule has 0 atom stereocenters. The number of benzene rings is 11. The maximum Gasteiger partial charge on any atom is 0.0601 e. The van der Waals surface area contributed by atoms with E-state index in [1.54, 1.807) is 0 Å². The molecule has 0 unspecified atom stereocenters. The van der Waals surface area contributed by atoms with Crippen molar-refractivity contribution in [2.45, 2.75) is 9.79 Å². The molecule has 1 heterocycles. The van der Waals surface area contributed by atoms with Gasteiger partial charge in [0, 0.05) is 15.5 Å². The first-order valence-corrected chi connectivity index (χ1v) is 20.1. The Balaban J connectivity index is 1.14. The Bertz CT molecular complexity index is 3120. The molecule has 0 saturated heterocycles. The zero-order valence-corrected chi connectivity index (χ0v) is 31.2. The van der Waals surface area contributed by atoms with E-state index in [1.807, 2.05) is 11.8 Å². The first-order valence-electron chi connectivity index (χ1n) is 19.3. The van der Waals surface area contributed by atoms with E-state index in [0.717, 1.165) is 5.69 Å². The molecule has 11 aromatic rings. The van der Waals surface area contributed by atoms with Crippen LogP contribution in [0, 0.1) is 0 Å². The van der Waals surface area contributed by atoms with Gasteiger partial charge in [-0.15, -0.1) is 0 Å². The highest BCUT2D eigenvalue weighted by atomic mass is 32.2. The van der Waals surface area contributed by atoms with E-state index in [2.05, 4.69) is 205 Å². The molecule has 0 aliphatic carbocycles. The van der Waals surface area contributed by atoms with Gasteiger partial charge < -0.3 is 4.90 Å². The van der Waals surface area contributed by atoms with Crippen molar-refractivity contribution in [3.8, 4) is 22.3 Å². The van der Waals surface area contributed by atoms with E-state index < -0.39 is 0 Å². The molecule has 0 aromatic heterocycles. The fourth-order valence-electron chi connectivity index (χ4n) is 9.23. The van der Waals surface area contributed by atoms with Gasteiger partial charge in [-0.05, 0) is 141 Å². The fourth-order valence-corrected chi connectivity index (χ4v) is 10.3. The summed E-state index contributed by atoms with van der Waals surface area (Å²) >= 11 is 1.85. The van der Waals surface area contributed by atoms with E-state index in [-0.39, 0.29) is 0 Å². The van der Waals surface area contributed by atoms with Crippen LogP contribution in [0.3, 0.4) is 0 Å². The van der Waals surface area contributed by atoms with Gasteiger partial charge in [0.05, 0.1) is 11.4 Å². The van der Waals surface area contributed by atoms with E-state index in [1.165, 1.54) is 108 Å². The Labute approximate surface area is 329 Å². The minimum atomic E-state index is 1.14. The Kier molecular flexibility index (Phi) is 6.93. The molecule has 56 heavy (non-hydrogen) atoms. The highest BCUT2D eigenvalue weighted by Gasteiger charge is 2.25. The zero-order valence-electron chi connectivity index (χ0n) is 30.4. The number of para-hydroxylation sites is 2. The van der Waals surface area contributed by atoms with Crippen molar-refractivity contribution >= 4 is 93.5 Å². The molecule has 0 N–H and O–H groups in total. The largest absolute Gasteiger partial charge is 0.308 e. The van der Waals surface area contributed by atoms with Gasteiger partial charge in [0.1, 0.15) is 0 Å². The summed E-state index contributed by atoms with van der Waals surface area (Å²) in [4.78, 5) is 4.97. The highest BCUT2D eigenvalue weighted by Crippen LogP contribution is 2.52. The topological polar surface area (TPSA) is 3.24 Å². The van der Waals surface area contributed by atoms with Crippen molar-refractivity contribution in [3.63, 3.8) is 0 Å². The summed E-state index contributed by atoms with van der Waals surface area (Å²) < 4.78 is 0. The number of hydrogen-bond donors (Lipinski definition) is 0. The van der Waals surface area contributed by atoms with Gasteiger partial charge in [-0.1, -0.05) is 157 Å². The highest BCUT2D eigenvalue weighted by molar-refractivity contribution is 7.99. The standard InChI is InChI=1S/C54H33NS/c1-3-17-43-39(13-1)41-15-5-7-19-45(41)49-32-34(25-27-47(43)49)36-29-37(31-38(30-36)55-51-21-9-11-23-53(51)56-54-24-12-10-22-52(54)55)35-26-28-48-44-18-4-2-14-40(44)42-16-6-8-20-46(42)50(48)33-35/h1-33H. The Morgan fingerprint density at radius 1 is 0.250 bits per heavy atom. The van der Waals surface area contributed by atoms with Crippen molar-refractivity contribution < 1.29 is 0 Å². The quantitative estimate of drug-likeness (QED) is 0.167. The average molecular weight is 728 g/mol. The van der Waals surface area contributed by atoms with Crippen molar-refractivity contribution in [1.29, 1.82) is 0 Å². The molecule has 1 aliphatic rings. The van der Waals surface area contributed by atoms with Crippen LogP contribution in [-0.4, -0.2) is 0 Å². The van der Waals surface area contributed by atoms with Crippen LogP contribution in [0.4, 0.5) is 17.1 Å². The second-order valence-electron chi connectivity index (χ2n) is 14.8. The van der Waals surface area contributed by atoms with E-state index >= 15 is 0 Å². The maximum atomic E-state index is 2.46. The predicted molar refractivity (Wildman–Crippen MR) is 241 cm³/mol. The second kappa shape index (κ2) is 12.3. The van der Waals surface area contributed by atoms with Gasteiger partial charge in [-0.3, -0.25) is 0 Å². The molecule has 1 aliphatic heterocycles. The lowest BCUT2D eigenvalue weighted by Crippen LogP contribution is -2.14. The summed E-state index contributed by atoms with van der Waals surface area (Å²) in [5.74, 6) is 0. The van der Waals surface area contributed by atoms with Crippen LogP contribution in [0.1, 0.15) is 0 Å². The molecule has 260 valence electrons. The van der Waals surface area contributed by atoms with Crippen LogP contribution in [-0.2, 0) is 0 Å². The molecule has 1 nitrogen and oxygen atoms in total. The molecule has 0 radical (unpaired) electrons. The van der Waals surface area contributed by atoms with Crippen molar-refractivity contribution in [1.82, 2.24) is 0 Å². The van der Waals surface area contributed by atoms with E-state index in [0.29, 0.717) is 0 Å². The lowest BCUT2D eigenvalue weighted by atomic mass is 9.90. The lowest BCUT2D eigenvalue weighted by molar-refractivity contribution is 1.17. The minimum Gasteiger partial charge on any atom is -0.308 e. The smallest absolute Gasteiger partial charge is 0.0601 e. The summed E-state index contributed by atoms with van der Waals surface area (Å²) in [6, 6.07) is 74.3. The third kappa shape index (κ3) is 4.76. The first-order chi connectivity index (χ1) is 27.8. The van der Waals surface area contributed by atoms with E-state index in [9.17, 15) is 0 Å². The predicted octanol–water partition coefficient (Wildman–Crippen LogP) is 15.9. The van der Waals surface area contributed by atoms with Gasteiger partial charge in [-0.25, -0.2) is 0 Å². The van der Waals surface area contributed by atoms with Gasteiger partial charge in [0.25, 0.3) is 0 Å². The van der Waals surface area contributed by atoms with Crippen LogP contribution >= 0.6 is 11.8 Å². The Morgan fingerprint density at radius 3 is 0.964 bits per heavy atom. The van der Waals surface area contributed by atoms with Gasteiger partial charge in [0.2, 0.25) is 0 Å². The Morgan fingerprint density at radius 2 is 0.571 bits per heavy atom. The molecule has 11 aromatic carbocycles. The third-order valence-electron chi connectivity index (χ3n) is 11.8. The summed E-state index contributed by atoms with van der Waals surface area (Å²) in [7, 11) is 0. The van der Waals surface area contributed by atoms with Gasteiger partial charge in [-0.2, -0.15) is 0 Å². The van der Waals surface area contributed by atoms with Crippen LogP contribution < -0.4 is 4.90 Å². The average Bonchev–Trinajstić information content (AvgIpc) is 3.28. The van der Waals surface area contributed by atoms with Crippen LogP contribution in [0.2, 0.25) is 0 Å². The van der Waals surface area contributed by atoms with Crippen LogP contribution in [0.5, 0.6) is 0 Å². The van der Waals surface area contributed by atoms with Crippen LogP contribution in [0.25, 0.3) is 86.9 Å². The maximum absolute atomic E-state index is 2.46. The summed E-state index contributed by atoms with van der Waals surface area (Å²) in [6.07, 6.45) is 0. The third-order valence-corrected chi connectivity index (χ3v) is 12.9. The molecular formula is C54H33NS. The molecule has 0 bridgehead atoms. The zero-order chi connectivity index (χ0) is 36.7. The Hall–Kier alpha value is -6.87. The summed E-state index contributed by atoms with van der Waals surface area (Å²) in [5.41, 5.74) is 8.32. The molecule has 12 rings (SSSR count). The summed E-state index contributed by atoms with van der Waals surface area (Å²) in [6.45, 7) is 0. The van der Waals surface area contributed by atoms with Gasteiger partial charge in [0.15, 0.2) is 0 Å². The van der Waals surface area contributed by atoms with Gasteiger partial charge >= 0.3 is 0 Å². The van der Waals surface area contributed by atoms with Crippen molar-refractivity contribution in [2.24, 2.45) is 0 Å². The number of hydrogen-bond acceptors (Lipinski definition) is 2. The van der Waals surface area contributed by atoms with Crippen molar-refractivity contribution in [3.05, 3.63) is 200 Å². The number of anilines is 3. The SMILES string of the molecule is c1ccc2c(c1)Sc1ccccc1N2c1cc(-c2ccc3c4ccccc4c4ccccc4c3c2)cc(-c2ccc3c4ccccc4c4ccccc4c3c2)c1.